The number of likely N-dealkylation sites (tertiary alicyclic amines) is 1. The maximum atomic E-state index is 11.4. The minimum absolute atomic E-state index is 0.0440. The van der Waals surface area contributed by atoms with Crippen LogP contribution in [-0.2, 0) is 16.1 Å². The van der Waals surface area contributed by atoms with Crippen LogP contribution in [0.3, 0.4) is 0 Å². The zero-order valence-electron chi connectivity index (χ0n) is 10.3. The molecule has 1 aliphatic rings. The molecule has 2 heterocycles. The van der Waals surface area contributed by atoms with Gasteiger partial charge < -0.3 is 4.74 Å². The summed E-state index contributed by atoms with van der Waals surface area (Å²) in [6, 6.07) is 3.62. The number of hydrogen-bond donors (Lipinski definition) is 0. The zero-order chi connectivity index (χ0) is 13.0. The smallest absolute Gasteiger partial charge is 0.308 e. The molecule has 0 radical (unpaired) electrons. The maximum Gasteiger partial charge on any atom is 0.308 e. The Morgan fingerprint density at radius 2 is 2.17 bits per heavy atom. The van der Waals surface area contributed by atoms with Crippen molar-refractivity contribution in [2.45, 2.75) is 19.4 Å². The van der Waals surface area contributed by atoms with Crippen molar-refractivity contribution in [3.63, 3.8) is 0 Å². The van der Waals surface area contributed by atoms with Crippen molar-refractivity contribution in [3.05, 3.63) is 23.0 Å². The van der Waals surface area contributed by atoms with Crippen molar-refractivity contribution in [1.82, 2.24) is 15.1 Å². The summed E-state index contributed by atoms with van der Waals surface area (Å²) >= 11 is 5.69. The lowest BCUT2D eigenvalue weighted by molar-refractivity contribution is -0.147. The van der Waals surface area contributed by atoms with E-state index in [0.717, 1.165) is 38.2 Å². The molecule has 98 valence electrons. The van der Waals surface area contributed by atoms with Crippen LogP contribution in [0.25, 0.3) is 0 Å². The number of methoxy groups -OCH3 is 1. The number of carbonyl (C=O) groups is 1. The number of aromatic nitrogens is 2. The number of carbonyl (C=O) groups excluding carboxylic acids is 1. The molecule has 0 aliphatic carbocycles. The highest BCUT2D eigenvalue weighted by Gasteiger charge is 2.25. The number of esters is 1. The van der Waals surface area contributed by atoms with Gasteiger partial charge in [0, 0.05) is 6.54 Å². The summed E-state index contributed by atoms with van der Waals surface area (Å²) < 4.78 is 4.76. The molecular weight excluding hydrogens is 254 g/mol. The SMILES string of the molecule is COC(=O)C1CCN(Cc2ccc(Cl)nn2)CC1. The predicted octanol–water partition coefficient (Wildman–Crippen LogP) is 1.51. The van der Waals surface area contributed by atoms with Gasteiger partial charge in [-0.05, 0) is 38.1 Å². The predicted molar refractivity (Wildman–Crippen MR) is 67.1 cm³/mol. The normalized spacial score (nSPS) is 17.7. The molecule has 1 aromatic heterocycles. The number of halogens is 1. The van der Waals surface area contributed by atoms with Crippen LogP contribution in [0.15, 0.2) is 12.1 Å². The number of ether oxygens (including phenoxy) is 1. The Hall–Kier alpha value is -1.20. The third-order valence-electron chi connectivity index (χ3n) is 3.19. The summed E-state index contributed by atoms with van der Waals surface area (Å²) in [4.78, 5) is 13.7. The second-order valence-corrected chi connectivity index (χ2v) is 4.81. The van der Waals surface area contributed by atoms with Crippen molar-refractivity contribution in [2.75, 3.05) is 20.2 Å². The lowest BCUT2D eigenvalue weighted by atomic mass is 9.97. The molecule has 1 saturated heterocycles. The van der Waals surface area contributed by atoms with Gasteiger partial charge in [0.2, 0.25) is 0 Å². The molecule has 0 saturated carbocycles. The van der Waals surface area contributed by atoms with Gasteiger partial charge in [-0.15, -0.1) is 5.10 Å². The van der Waals surface area contributed by atoms with Crippen LogP contribution in [0.4, 0.5) is 0 Å². The van der Waals surface area contributed by atoms with Crippen LogP contribution >= 0.6 is 11.6 Å². The van der Waals surface area contributed by atoms with E-state index in [0.29, 0.717) is 5.15 Å². The van der Waals surface area contributed by atoms with Gasteiger partial charge in [0.05, 0.1) is 18.7 Å². The topological polar surface area (TPSA) is 55.3 Å². The maximum absolute atomic E-state index is 11.4. The van der Waals surface area contributed by atoms with Crippen LogP contribution < -0.4 is 0 Å². The van der Waals surface area contributed by atoms with E-state index in [1.165, 1.54) is 7.11 Å². The van der Waals surface area contributed by atoms with Crippen molar-refractivity contribution in [1.29, 1.82) is 0 Å². The quantitative estimate of drug-likeness (QED) is 0.779. The van der Waals surface area contributed by atoms with Crippen molar-refractivity contribution in [3.8, 4) is 0 Å². The van der Waals surface area contributed by atoms with E-state index < -0.39 is 0 Å². The van der Waals surface area contributed by atoms with Crippen LogP contribution in [0.1, 0.15) is 18.5 Å². The first-order valence-corrected chi connectivity index (χ1v) is 6.35. The van der Waals surface area contributed by atoms with E-state index in [1.54, 1.807) is 6.07 Å². The van der Waals surface area contributed by atoms with Crippen LogP contribution in [0.5, 0.6) is 0 Å². The molecule has 0 bridgehead atoms. The number of piperidine rings is 1. The van der Waals surface area contributed by atoms with Crippen molar-refractivity contribution < 1.29 is 9.53 Å². The monoisotopic (exact) mass is 269 g/mol. The Morgan fingerprint density at radius 3 is 2.72 bits per heavy atom. The molecule has 5 nitrogen and oxygen atoms in total. The zero-order valence-corrected chi connectivity index (χ0v) is 11.1. The third kappa shape index (κ3) is 3.40. The summed E-state index contributed by atoms with van der Waals surface area (Å²) in [5, 5.41) is 8.25. The minimum atomic E-state index is -0.0964. The second-order valence-electron chi connectivity index (χ2n) is 4.42. The molecule has 1 aromatic rings. The Balaban J connectivity index is 1.83. The van der Waals surface area contributed by atoms with E-state index in [9.17, 15) is 4.79 Å². The first-order chi connectivity index (χ1) is 8.69. The van der Waals surface area contributed by atoms with Gasteiger partial charge in [-0.1, -0.05) is 11.6 Å². The molecule has 0 atom stereocenters. The van der Waals surface area contributed by atoms with E-state index >= 15 is 0 Å². The molecule has 6 heteroatoms. The van der Waals surface area contributed by atoms with E-state index in [1.807, 2.05) is 6.07 Å². The van der Waals surface area contributed by atoms with Gasteiger partial charge in [-0.3, -0.25) is 9.69 Å². The van der Waals surface area contributed by atoms with Crippen molar-refractivity contribution in [2.24, 2.45) is 5.92 Å². The Bertz CT molecular complexity index is 402. The lowest BCUT2D eigenvalue weighted by Crippen LogP contribution is -2.36. The number of rotatable bonds is 3. The third-order valence-corrected chi connectivity index (χ3v) is 3.40. The highest BCUT2D eigenvalue weighted by Crippen LogP contribution is 2.19. The molecule has 18 heavy (non-hydrogen) atoms. The molecule has 0 spiro atoms. The summed E-state index contributed by atoms with van der Waals surface area (Å²) in [6.45, 7) is 2.51. The first-order valence-electron chi connectivity index (χ1n) is 5.97. The number of hydrogen-bond acceptors (Lipinski definition) is 5. The molecule has 1 fully saturated rings. The van der Waals surface area contributed by atoms with Crippen LogP contribution in [-0.4, -0.2) is 41.3 Å². The van der Waals surface area contributed by atoms with Gasteiger partial charge >= 0.3 is 5.97 Å². The Kier molecular flexibility index (Phi) is 4.49. The van der Waals surface area contributed by atoms with Crippen LogP contribution in [0.2, 0.25) is 5.15 Å². The molecule has 1 aliphatic heterocycles. The van der Waals surface area contributed by atoms with Gasteiger partial charge in [0.1, 0.15) is 0 Å². The fourth-order valence-corrected chi connectivity index (χ4v) is 2.25. The van der Waals surface area contributed by atoms with E-state index in [4.69, 9.17) is 16.3 Å². The Morgan fingerprint density at radius 1 is 1.44 bits per heavy atom. The molecular formula is C12H16ClN3O2. The van der Waals surface area contributed by atoms with Gasteiger partial charge in [0.15, 0.2) is 5.15 Å². The molecule has 0 N–H and O–H groups in total. The first kappa shape index (κ1) is 13.2. The number of nitrogens with zero attached hydrogens (tertiary/aromatic N) is 3. The molecule has 0 aromatic carbocycles. The van der Waals surface area contributed by atoms with Crippen molar-refractivity contribution >= 4 is 17.6 Å². The van der Waals surface area contributed by atoms with E-state index in [-0.39, 0.29) is 11.9 Å². The van der Waals surface area contributed by atoms with Gasteiger partial charge in [-0.2, -0.15) is 5.10 Å². The van der Waals surface area contributed by atoms with E-state index in [2.05, 4.69) is 15.1 Å². The second kappa shape index (κ2) is 6.11. The summed E-state index contributed by atoms with van der Waals surface area (Å²) in [5.74, 6) is -0.0523. The molecule has 0 unspecified atom stereocenters. The van der Waals surface area contributed by atoms with Crippen LogP contribution in [0, 0.1) is 5.92 Å². The highest BCUT2D eigenvalue weighted by atomic mass is 35.5. The summed E-state index contributed by atoms with van der Waals surface area (Å²) in [6.07, 6.45) is 1.68. The fourth-order valence-electron chi connectivity index (χ4n) is 2.15. The standard InChI is InChI=1S/C12H16ClN3O2/c1-18-12(17)9-4-6-16(7-5-9)8-10-2-3-11(13)15-14-10/h2-3,9H,4-8H2,1H3. The fraction of sp³-hybridized carbons (Fsp3) is 0.583. The average Bonchev–Trinajstić information content (AvgIpc) is 2.41. The molecule has 2 rings (SSSR count). The van der Waals surface area contributed by atoms with Gasteiger partial charge in [-0.25, -0.2) is 0 Å². The molecule has 0 amide bonds. The highest BCUT2D eigenvalue weighted by molar-refractivity contribution is 6.29. The summed E-state index contributed by atoms with van der Waals surface area (Å²) in [5.41, 5.74) is 0.899. The minimum Gasteiger partial charge on any atom is -0.469 e. The Labute approximate surface area is 111 Å². The summed E-state index contributed by atoms with van der Waals surface area (Å²) in [7, 11) is 1.44. The largest absolute Gasteiger partial charge is 0.469 e. The lowest BCUT2D eigenvalue weighted by Gasteiger charge is -2.30. The van der Waals surface area contributed by atoms with Gasteiger partial charge in [0.25, 0.3) is 0 Å². The average molecular weight is 270 g/mol.